The molecule has 1 aromatic heterocycles. The molecule has 0 spiro atoms. The molecule has 1 rings (SSSR count). The van der Waals surface area contributed by atoms with E-state index in [1.54, 1.807) is 16.3 Å². The first-order valence-corrected chi connectivity index (χ1v) is 7.16. The minimum atomic E-state index is -0.170. The Hall–Kier alpha value is -1.35. The van der Waals surface area contributed by atoms with Crippen LogP contribution in [-0.2, 0) is 4.74 Å². The van der Waals surface area contributed by atoms with E-state index < -0.39 is 0 Å². The molecule has 0 aliphatic carbocycles. The molecule has 1 amide bonds. The number of carbonyl (C=O) groups is 1. The van der Waals surface area contributed by atoms with Crippen LogP contribution < -0.4 is 0 Å². The number of hydrogen-bond donors (Lipinski definition) is 1. The van der Waals surface area contributed by atoms with Crippen LogP contribution in [0.1, 0.15) is 29.1 Å². The highest BCUT2D eigenvalue weighted by Crippen LogP contribution is 2.15. The number of carbonyl (C=O) groups excluding carboxylic acids is 1. The second kappa shape index (κ2) is 8.70. The highest BCUT2D eigenvalue weighted by Gasteiger charge is 2.15. The van der Waals surface area contributed by atoms with Crippen molar-refractivity contribution in [3.63, 3.8) is 0 Å². The lowest BCUT2D eigenvalue weighted by atomic mass is 10.2. The van der Waals surface area contributed by atoms with Gasteiger partial charge in [-0.2, -0.15) is 0 Å². The number of aliphatic hydroxyl groups excluding tert-OH is 1. The first kappa shape index (κ1) is 15.7. The van der Waals surface area contributed by atoms with E-state index in [-0.39, 0.29) is 12.5 Å². The summed E-state index contributed by atoms with van der Waals surface area (Å²) in [7, 11) is 0. The van der Waals surface area contributed by atoms with E-state index in [2.05, 4.69) is 11.8 Å². The third-order valence-electron chi connectivity index (χ3n) is 2.52. The summed E-state index contributed by atoms with van der Waals surface area (Å²) in [6.45, 7) is 6.17. The number of thiophene rings is 1. The van der Waals surface area contributed by atoms with Gasteiger partial charge in [0.25, 0.3) is 5.91 Å². The quantitative estimate of drug-likeness (QED) is 0.636. The molecule has 19 heavy (non-hydrogen) atoms. The normalized spacial score (nSPS) is 9.84. The summed E-state index contributed by atoms with van der Waals surface area (Å²) in [5, 5.41) is 10.4. The summed E-state index contributed by atoms with van der Waals surface area (Å²) >= 11 is 1.41. The molecule has 0 fully saturated rings. The van der Waals surface area contributed by atoms with E-state index in [1.165, 1.54) is 11.3 Å². The Morgan fingerprint density at radius 1 is 1.53 bits per heavy atom. The number of nitrogens with zero attached hydrogens (tertiary/aromatic N) is 1. The van der Waals surface area contributed by atoms with Gasteiger partial charge in [-0.3, -0.25) is 4.79 Å². The van der Waals surface area contributed by atoms with Crippen molar-refractivity contribution in [1.29, 1.82) is 0 Å². The Labute approximate surface area is 118 Å². The molecule has 1 heterocycles. The molecule has 1 aromatic rings. The van der Waals surface area contributed by atoms with Crippen molar-refractivity contribution in [3.8, 4) is 11.8 Å². The molecular weight excluding hydrogens is 262 g/mol. The zero-order chi connectivity index (χ0) is 14.1. The summed E-state index contributed by atoms with van der Waals surface area (Å²) in [4.78, 5) is 14.8. The van der Waals surface area contributed by atoms with E-state index in [0.717, 1.165) is 4.88 Å². The molecule has 4 nitrogen and oxygen atoms in total. The summed E-state index contributed by atoms with van der Waals surface area (Å²) in [5.41, 5.74) is 0.644. The largest absolute Gasteiger partial charge is 0.384 e. The van der Waals surface area contributed by atoms with Gasteiger partial charge in [-0.15, -0.1) is 11.3 Å². The van der Waals surface area contributed by atoms with E-state index in [1.807, 2.05) is 13.8 Å². The minimum absolute atomic E-state index is 0.00417. The average Bonchev–Trinajstić information content (AvgIpc) is 2.89. The standard InChI is InChI=1S/C14H19NO3S/c1-3-15(7-9-18-4-2)14(17)12-10-13(19-11-12)6-5-8-16/h10-11,16H,3-4,7-9H2,1-2H3. The fourth-order valence-corrected chi connectivity index (χ4v) is 2.29. The average molecular weight is 281 g/mol. The second-order valence-electron chi connectivity index (χ2n) is 3.74. The van der Waals surface area contributed by atoms with Crippen molar-refractivity contribution in [2.24, 2.45) is 0 Å². The van der Waals surface area contributed by atoms with Crippen LogP contribution in [0.2, 0.25) is 0 Å². The third-order valence-corrected chi connectivity index (χ3v) is 3.36. The van der Waals surface area contributed by atoms with Crippen molar-refractivity contribution < 1.29 is 14.6 Å². The number of amides is 1. The molecule has 1 N–H and O–H groups in total. The number of rotatable bonds is 6. The number of hydrogen-bond acceptors (Lipinski definition) is 4. The van der Waals surface area contributed by atoms with Crippen molar-refractivity contribution in [2.45, 2.75) is 13.8 Å². The molecule has 0 atom stereocenters. The smallest absolute Gasteiger partial charge is 0.254 e. The van der Waals surface area contributed by atoms with Crippen molar-refractivity contribution in [1.82, 2.24) is 4.90 Å². The monoisotopic (exact) mass is 281 g/mol. The maximum atomic E-state index is 12.2. The number of aliphatic hydroxyl groups is 1. The van der Waals surface area contributed by atoms with E-state index >= 15 is 0 Å². The van der Waals surface area contributed by atoms with E-state index in [9.17, 15) is 4.79 Å². The molecule has 104 valence electrons. The topological polar surface area (TPSA) is 49.8 Å². The lowest BCUT2D eigenvalue weighted by Gasteiger charge is -2.19. The van der Waals surface area contributed by atoms with Crippen LogP contribution in [0.5, 0.6) is 0 Å². The van der Waals surface area contributed by atoms with Crippen LogP contribution >= 0.6 is 11.3 Å². The Morgan fingerprint density at radius 2 is 2.32 bits per heavy atom. The minimum Gasteiger partial charge on any atom is -0.384 e. The van der Waals surface area contributed by atoms with Crippen LogP contribution in [0.4, 0.5) is 0 Å². The second-order valence-corrected chi connectivity index (χ2v) is 4.65. The van der Waals surface area contributed by atoms with Crippen molar-refractivity contribution >= 4 is 17.2 Å². The van der Waals surface area contributed by atoms with Crippen molar-refractivity contribution in [2.75, 3.05) is 32.9 Å². The molecule has 0 aromatic carbocycles. The Bertz CT molecular complexity index is 459. The SMILES string of the molecule is CCOCCN(CC)C(=O)c1csc(C#CCO)c1. The highest BCUT2D eigenvalue weighted by atomic mass is 32.1. The molecule has 0 unspecified atom stereocenters. The fraction of sp³-hybridized carbons (Fsp3) is 0.500. The zero-order valence-corrected chi connectivity index (χ0v) is 12.1. The van der Waals surface area contributed by atoms with Gasteiger partial charge < -0.3 is 14.7 Å². The molecular formula is C14H19NO3S. The molecule has 0 aliphatic heterocycles. The van der Waals surface area contributed by atoms with Gasteiger partial charge in [-0.25, -0.2) is 0 Å². The lowest BCUT2D eigenvalue weighted by Crippen LogP contribution is -2.33. The third kappa shape index (κ3) is 5.03. The number of ether oxygens (including phenoxy) is 1. The predicted molar refractivity (Wildman–Crippen MR) is 76.4 cm³/mol. The molecule has 0 bridgehead atoms. The Kier molecular flexibility index (Phi) is 7.19. The molecule has 0 radical (unpaired) electrons. The molecule has 0 saturated heterocycles. The van der Waals surface area contributed by atoms with Gasteiger partial charge in [0.15, 0.2) is 0 Å². The van der Waals surface area contributed by atoms with Gasteiger partial charge >= 0.3 is 0 Å². The maximum absolute atomic E-state index is 12.2. The fourth-order valence-electron chi connectivity index (χ4n) is 1.55. The zero-order valence-electron chi connectivity index (χ0n) is 11.3. The molecule has 0 saturated carbocycles. The van der Waals surface area contributed by atoms with Gasteiger partial charge in [0.1, 0.15) is 6.61 Å². The van der Waals surface area contributed by atoms with Gasteiger partial charge in [0, 0.05) is 25.1 Å². The van der Waals surface area contributed by atoms with Gasteiger partial charge in [0.2, 0.25) is 0 Å². The van der Waals surface area contributed by atoms with Crippen molar-refractivity contribution in [3.05, 3.63) is 21.9 Å². The van der Waals surface area contributed by atoms with Crippen LogP contribution in [0.25, 0.3) is 0 Å². The highest BCUT2D eigenvalue weighted by molar-refractivity contribution is 7.10. The Morgan fingerprint density at radius 3 is 2.95 bits per heavy atom. The van der Waals surface area contributed by atoms with Crippen LogP contribution in [-0.4, -0.2) is 48.8 Å². The first-order chi connectivity index (χ1) is 9.22. The first-order valence-electron chi connectivity index (χ1n) is 6.28. The van der Waals surface area contributed by atoms with Crippen LogP contribution in [0.15, 0.2) is 11.4 Å². The summed E-state index contributed by atoms with van der Waals surface area (Å²) in [6, 6.07) is 1.76. The number of likely N-dealkylation sites (N-methyl/N-ethyl adjacent to an activating group) is 1. The Balaban J connectivity index is 2.66. The van der Waals surface area contributed by atoms with Gasteiger partial charge in [-0.05, 0) is 19.9 Å². The van der Waals surface area contributed by atoms with Gasteiger partial charge in [0.05, 0.1) is 17.0 Å². The van der Waals surface area contributed by atoms with Crippen LogP contribution in [0.3, 0.4) is 0 Å². The molecule has 5 heteroatoms. The molecule has 0 aliphatic rings. The summed E-state index contributed by atoms with van der Waals surface area (Å²) in [6.07, 6.45) is 0. The van der Waals surface area contributed by atoms with E-state index in [0.29, 0.717) is 31.9 Å². The summed E-state index contributed by atoms with van der Waals surface area (Å²) in [5.74, 6) is 5.37. The predicted octanol–water partition coefficient (Wildman–Crippen LogP) is 1.59. The summed E-state index contributed by atoms with van der Waals surface area (Å²) < 4.78 is 5.27. The van der Waals surface area contributed by atoms with E-state index in [4.69, 9.17) is 9.84 Å². The lowest BCUT2D eigenvalue weighted by molar-refractivity contribution is 0.0669. The van der Waals surface area contributed by atoms with Gasteiger partial charge in [-0.1, -0.05) is 11.8 Å². The van der Waals surface area contributed by atoms with Crippen LogP contribution in [0, 0.1) is 11.8 Å². The maximum Gasteiger partial charge on any atom is 0.254 e.